The normalized spacial score (nSPS) is 16.0. The first-order chi connectivity index (χ1) is 29.8. The van der Waals surface area contributed by atoms with Gasteiger partial charge in [-0.05, 0) is 155 Å². The number of allylic oxidation sites excluding steroid dienone is 6. The van der Waals surface area contributed by atoms with Gasteiger partial charge in [0.25, 0.3) is 0 Å². The Morgan fingerprint density at radius 3 is 1.98 bits per heavy atom. The molecule has 0 heterocycles. The highest BCUT2D eigenvalue weighted by Crippen LogP contribution is 2.41. The highest BCUT2D eigenvalue weighted by Gasteiger charge is 2.27. The third-order valence-corrected chi connectivity index (χ3v) is 12.0. The van der Waals surface area contributed by atoms with E-state index in [1.807, 2.05) is 0 Å². The fraction of sp³-hybridized carbons (Fsp3) is 0.288. The van der Waals surface area contributed by atoms with Gasteiger partial charge in [-0.1, -0.05) is 151 Å². The standard InChI is InChI=1S/C59H66N2O/c1-10-18-51(23-17-36-58(3,4)5)60(52-30-24-46(25-31-52)44-19-13-11-14-20-44)55-38-43(2)37-48(39-55)49-40-56(42-57(41-49)62-9)61(54-34-28-50(29-35-54)59(6,7)8)53-32-26-47(27-33-53)45-21-15-12-16-22-45/h10-15,17,19-21,23-35,37-39,41-42,51,56H,1,16,18,22,36,40H2,2-9H3/b23-17-/t51-,56-/m1/s1. The summed E-state index contributed by atoms with van der Waals surface area (Å²) in [7, 11) is 1.79. The molecule has 0 fully saturated rings. The van der Waals surface area contributed by atoms with Gasteiger partial charge in [0.2, 0.25) is 0 Å². The molecule has 318 valence electrons. The summed E-state index contributed by atoms with van der Waals surface area (Å²) < 4.78 is 6.14. The average molecular weight is 819 g/mol. The van der Waals surface area contributed by atoms with Crippen LogP contribution in [-0.2, 0) is 10.2 Å². The Morgan fingerprint density at radius 1 is 0.726 bits per heavy atom. The van der Waals surface area contributed by atoms with Crippen LogP contribution in [0.15, 0.2) is 182 Å². The van der Waals surface area contributed by atoms with Crippen molar-refractivity contribution in [3.05, 3.63) is 205 Å². The first kappa shape index (κ1) is 44.0. The maximum atomic E-state index is 6.14. The lowest BCUT2D eigenvalue weighted by atomic mass is 9.86. The molecule has 3 heteroatoms. The van der Waals surface area contributed by atoms with Gasteiger partial charge in [0.05, 0.1) is 19.2 Å². The zero-order valence-electron chi connectivity index (χ0n) is 38.4. The van der Waals surface area contributed by atoms with Crippen LogP contribution in [0.2, 0.25) is 0 Å². The molecule has 0 saturated heterocycles. The summed E-state index contributed by atoms with van der Waals surface area (Å²) in [5, 5.41) is 0. The van der Waals surface area contributed by atoms with Gasteiger partial charge < -0.3 is 14.5 Å². The summed E-state index contributed by atoms with van der Waals surface area (Å²) in [5.74, 6) is 0.870. The van der Waals surface area contributed by atoms with Gasteiger partial charge in [-0.15, -0.1) is 6.58 Å². The van der Waals surface area contributed by atoms with Crippen molar-refractivity contribution >= 4 is 33.9 Å². The van der Waals surface area contributed by atoms with Crippen molar-refractivity contribution in [3.8, 4) is 11.1 Å². The molecule has 0 N–H and O–H groups in total. The van der Waals surface area contributed by atoms with Crippen molar-refractivity contribution in [2.75, 3.05) is 16.9 Å². The van der Waals surface area contributed by atoms with E-state index in [0.29, 0.717) is 0 Å². The van der Waals surface area contributed by atoms with E-state index in [2.05, 4.69) is 235 Å². The molecule has 0 unspecified atom stereocenters. The van der Waals surface area contributed by atoms with Crippen LogP contribution in [0, 0.1) is 12.3 Å². The predicted molar refractivity (Wildman–Crippen MR) is 269 cm³/mol. The molecular weight excluding hydrogens is 753 g/mol. The van der Waals surface area contributed by atoms with Gasteiger partial charge in [0.15, 0.2) is 0 Å². The number of aryl methyl sites for hydroxylation is 1. The van der Waals surface area contributed by atoms with Crippen LogP contribution < -0.4 is 9.80 Å². The van der Waals surface area contributed by atoms with Gasteiger partial charge in [0, 0.05) is 22.7 Å². The summed E-state index contributed by atoms with van der Waals surface area (Å²) in [5.41, 5.74) is 14.9. The third kappa shape index (κ3) is 10.9. The Labute approximate surface area is 373 Å². The first-order valence-electron chi connectivity index (χ1n) is 22.5. The lowest BCUT2D eigenvalue weighted by molar-refractivity contribution is 0.303. The maximum absolute atomic E-state index is 6.14. The topological polar surface area (TPSA) is 15.7 Å². The Kier molecular flexibility index (Phi) is 13.7. The van der Waals surface area contributed by atoms with Crippen molar-refractivity contribution in [3.63, 3.8) is 0 Å². The monoisotopic (exact) mass is 819 g/mol. The van der Waals surface area contributed by atoms with Gasteiger partial charge in [-0.25, -0.2) is 0 Å². The van der Waals surface area contributed by atoms with Crippen molar-refractivity contribution in [2.45, 2.75) is 98.1 Å². The number of ether oxygens (including phenoxy) is 1. The fourth-order valence-electron chi connectivity index (χ4n) is 8.66. The number of hydrogen-bond donors (Lipinski definition) is 0. The number of benzene rings is 5. The summed E-state index contributed by atoms with van der Waals surface area (Å²) in [6, 6.07) is 45.1. The van der Waals surface area contributed by atoms with Crippen LogP contribution >= 0.6 is 0 Å². The van der Waals surface area contributed by atoms with Crippen molar-refractivity contribution in [1.29, 1.82) is 0 Å². The molecule has 5 aromatic rings. The van der Waals surface area contributed by atoms with E-state index in [1.165, 1.54) is 44.5 Å². The quantitative estimate of drug-likeness (QED) is 0.104. The highest BCUT2D eigenvalue weighted by molar-refractivity contribution is 5.79. The summed E-state index contributed by atoms with van der Waals surface area (Å²) in [6.07, 6.45) is 22.8. The molecule has 0 bridgehead atoms. The predicted octanol–water partition coefficient (Wildman–Crippen LogP) is 16.3. The van der Waals surface area contributed by atoms with E-state index in [-0.39, 0.29) is 22.9 Å². The van der Waals surface area contributed by atoms with E-state index < -0.39 is 0 Å². The molecule has 62 heavy (non-hydrogen) atoms. The van der Waals surface area contributed by atoms with E-state index in [0.717, 1.165) is 60.6 Å². The van der Waals surface area contributed by atoms with E-state index in [4.69, 9.17) is 4.74 Å². The summed E-state index contributed by atoms with van der Waals surface area (Å²) in [4.78, 5) is 5.00. The van der Waals surface area contributed by atoms with Gasteiger partial charge in [-0.3, -0.25) is 0 Å². The van der Waals surface area contributed by atoms with Crippen LogP contribution in [0.4, 0.5) is 22.7 Å². The Balaban J connectivity index is 1.29. The SMILES string of the molecule is C=CC[C@H](/C=C\CC(C)(C)C)N(c1ccc(-c2ccccc2)cc1)c1cc(C)cc(C2=CC(OC)=C[C@H](N(c3ccc(C4=CC=CCC4)cc3)c3ccc(C(C)(C)C)cc3)C2)c1. The van der Waals surface area contributed by atoms with Crippen LogP contribution in [0.1, 0.15) is 95.9 Å². The third-order valence-electron chi connectivity index (χ3n) is 12.0. The molecule has 2 aliphatic carbocycles. The van der Waals surface area contributed by atoms with Crippen molar-refractivity contribution in [2.24, 2.45) is 5.41 Å². The minimum Gasteiger partial charge on any atom is -0.497 e. The molecule has 0 spiro atoms. The van der Waals surface area contributed by atoms with Gasteiger partial charge in [0.1, 0.15) is 5.76 Å². The largest absolute Gasteiger partial charge is 0.497 e. The minimum absolute atomic E-state index is 0.00700. The zero-order chi connectivity index (χ0) is 43.9. The summed E-state index contributed by atoms with van der Waals surface area (Å²) in [6.45, 7) is 20.2. The number of methoxy groups -OCH3 is 1. The van der Waals surface area contributed by atoms with Crippen LogP contribution in [-0.4, -0.2) is 19.2 Å². The molecule has 2 atom stereocenters. The molecule has 0 aromatic heterocycles. The van der Waals surface area contributed by atoms with Crippen LogP contribution in [0.5, 0.6) is 0 Å². The molecule has 5 aromatic carbocycles. The van der Waals surface area contributed by atoms with E-state index in [9.17, 15) is 0 Å². The lowest BCUT2D eigenvalue weighted by Crippen LogP contribution is -2.32. The molecule has 0 aliphatic heterocycles. The number of anilines is 4. The molecule has 7 rings (SSSR count). The van der Waals surface area contributed by atoms with E-state index >= 15 is 0 Å². The average Bonchev–Trinajstić information content (AvgIpc) is 3.27. The summed E-state index contributed by atoms with van der Waals surface area (Å²) >= 11 is 0. The second-order valence-electron chi connectivity index (χ2n) is 19.2. The number of hydrogen-bond acceptors (Lipinski definition) is 3. The zero-order valence-corrected chi connectivity index (χ0v) is 38.4. The molecule has 0 saturated carbocycles. The Morgan fingerprint density at radius 2 is 1.37 bits per heavy atom. The van der Waals surface area contributed by atoms with Crippen molar-refractivity contribution in [1.82, 2.24) is 0 Å². The maximum Gasteiger partial charge on any atom is 0.117 e. The smallest absolute Gasteiger partial charge is 0.117 e. The molecule has 0 radical (unpaired) electrons. The minimum atomic E-state index is 0.00700. The van der Waals surface area contributed by atoms with E-state index in [1.54, 1.807) is 7.11 Å². The van der Waals surface area contributed by atoms with Gasteiger partial charge >= 0.3 is 0 Å². The van der Waals surface area contributed by atoms with Crippen LogP contribution in [0.3, 0.4) is 0 Å². The number of nitrogens with zero attached hydrogens (tertiary/aromatic N) is 2. The molecule has 3 nitrogen and oxygen atoms in total. The Hall–Kier alpha value is -6.06. The second-order valence-corrected chi connectivity index (χ2v) is 19.2. The van der Waals surface area contributed by atoms with Crippen molar-refractivity contribution < 1.29 is 4.74 Å². The molecular formula is C59H66N2O. The first-order valence-corrected chi connectivity index (χ1v) is 22.5. The second kappa shape index (κ2) is 19.3. The Bertz CT molecular complexity index is 2450. The van der Waals surface area contributed by atoms with Crippen LogP contribution in [0.25, 0.3) is 22.3 Å². The lowest BCUT2D eigenvalue weighted by Gasteiger charge is -2.36. The molecule has 0 amide bonds. The number of rotatable bonds is 14. The fourth-order valence-corrected chi connectivity index (χ4v) is 8.66. The van der Waals surface area contributed by atoms with Gasteiger partial charge in [-0.2, -0.15) is 0 Å². The highest BCUT2D eigenvalue weighted by atomic mass is 16.5. The molecule has 2 aliphatic rings.